The Morgan fingerprint density at radius 3 is 2.21 bits per heavy atom. The van der Waals surface area contributed by atoms with E-state index < -0.39 is 11.2 Å². The average molecular weight is 525 g/mol. The maximum absolute atomic E-state index is 12.7. The number of amides is 3. The van der Waals surface area contributed by atoms with Crippen LogP contribution in [0.3, 0.4) is 0 Å². The molecular weight excluding hydrogens is 484 g/mol. The van der Waals surface area contributed by atoms with Gasteiger partial charge in [0.15, 0.2) is 0 Å². The lowest BCUT2D eigenvalue weighted by atomic mass is 9.91. The minimum absolute atomic E-state index is 0.141. The Labute approximate surface area is 223 Å². The van der Waals surface area contributed by atoms with Gasteiger partial charge in [0.05, 0.1) is 11.2 Å². The second-order valence-electron chi connectivity index (χ2n) is 11.0. The molecule has 38 heavy (non-hydrogen) atoms. The molecule has 0 atom stereocenters. The van der Waals surface area contributed by atoms with Crippen LogP contribution in [-0.2, 0) is 11.3 Å². The zero-order valence-electron chi connectivity index (χ0n) is 22.6. The molecule has 2 fully saturated rings. The van der Waals surface area contributed by atoms with Gasteiger partial charge in [0, 0.05) is 51.0 Å². The number of carbonyl (C=O) groups is 2. The highest BCUT2D eigenvalue weighted by Gasteiger charge is 2.31. The second-order valence-corrected chi connectivity index (χ2v) is 11.0. The molecule has 0 unspecified atom stereocenters. The van der Waals surface area contributed by atoms with Gasteiger partial charge in [-0.3, -0.25) is 19.6 Å². The largest absolute Gasteiger partial charge is 0.354 e. The normalized spacial score (nSPS) is 20.5. The molecule has 2 aromatic rings. The zero-order valence-corrected chi connectivity index (χ0v) is 22.6. The Morgan fingerprint density at radius 2 is 1.63 bits per heavy atom. The summed E-state index contributed by atoms with van der Waals surface area (Å²) < 4.78 is 1.45. The maximum atomic E-state index is 12.7. The fourth-order valence-corrected chi connectivity index (χ4v) is 5.10. The van der Waals surface area contributed by atoms with E-state index in [9.17, 15) is 14.4 Å². The molecule has 5 N–H and O–H groups in total. The van der Waals surface area contributed by atoms with Crippen LogP contribution in [0.5, 0.6) is 0 Å². The van der Waals surface area contributed by atoms with Crippen LogP contribution in [0.1, 0.15) is 45.1 Å². The maximum Gasteiger partial charge on any atom is 0.354 e. The number of rotatable bonds is 6. The third-order valence-corrected chi connectivity index (χ3v) is 7.46. The summed E-state index contributed by atoms with van der Waals surface area (Å²) >= 11 is 0. The molecule has 1 aliphatic heterocycles. The quantitative estimate of drug-likeness (QED) is 0.518. The van der Waals surface area contributed by atoms with Gasteiger partial charge >= 0.3 is 11.7 Å². The number of anilines is 1. The number of piperazine rings is 1. The van der Waals surface area contributed by atoms with E-state index >= 15 is 0 Å². The number of nitrogens with zero attached hydrogens (tertiary/aromatic N) is 5. The van der Waals surface area contributed by atoms with Crippen molar-refractivity contribution in [2.45, 2.75) is 63.7 Å². The summed E-state index contributed by atoms with van der Waals surface area (Å²) in [6.45, 7) is 5.74. The fraction of sp³-hybridized carbons (Fsp3) is 0.556. The van der Waals surface area contributed by atoms with Gasteiger partial charge in [0.25, 0.3) is 0 Å². The SMILES string of the molecule is CN(Cc1ccc(-n2ccc(NC(=O)N3CCN(C(=O)C(C)(C)N)CC3)nc2=O)cc1)[C@H]1CC[C@@H](N)CC1. The minimum atomic E-state index is -0.945. The van der Waals surface area contributed by atoms with Crippen LogP contribution in [0, 0.1) is 0 Å². The summed E-state index contributed by atoms with van der Waals surface area (Å²) in [6.07, 6.45) is 6.01. The molecule has 11 heteroatoms. The lowest BCUT2D eigenvalue weighted by Gasteiger charge is -2.37. The summed E-state index contributed by atoms with van der Waals surface area (Å²) in [5.74, 6) is 0.0422. The van der Waals surface area contributed by atoms with Crippen molar-refractivity contribution in [3.8, 4) is 5.69 Å². The van der Waals surface area contributed by atoms with Crippen LogP contribution >= 0.6 is 0 Å². The van der Waals surface area contributed by atoms with Crippen molar-refractivity contribution in [3.63, 3.8) is 0 Å². The molecule has 0 spiro atoms. The van der Waals surface area contributed by atoms with E-state index in [1.165, 1.54) is 10.1 Å². The monoisotopic (exact) mass is 524 g/mol. The van der Waals surface area contributed by atoms with E-state index in [2.05, 4.69) is 22.2 Å². The summed E-state index contributed by atoms with van der Waals surface area (Å²) in [7, 11) is 2.15. The summed E-state index contributed by atoms with van der Waals surface area (Å²) in [4.78, 5) is 47.4. The second kappa shape index (κ2) is 11.6. The molecule has 2 heterocycles. The van der Waals surface area contributed by atoms with Crippen LogP contribution in [0.4, 0.5) is 10.6 Å². The lowest BCUT2D eigenvalue weighted by molar-refractivity contribution is -0.137. The lowest BCUT2D eigenvalue weighted by Crippen LogP contribution is -2.58. The number of hydrogen-bond donors (Lipinski definition) is 3. The first-order valence-electron chi connectivity index (χ1n) is 13.3. The van der Waals surface area contributed by atoms with Gasteiger partial charge in [-0.25, -0.2) is 9.59 Å². The first kappa shape index (κ1) is 27.7. The number of nitrogens with one attached hydrogen (secondary N) is 1. The molecule has 4 rings (SSSR count). The zero-order chi connectivity index (χ0) is 27.4. The average Bonchev–Trinajstić information content (AvgIpc) is 2.89. The van der Waals surface area contributed by atoms with Gasteiger partial charge in [0.1, 0.15) is 5.82 Å². The molecule has 1 aromatic carbocycles. The predicted molar refractivity (Wildman–Crippen MR) is 147 cm³/mol. The molecule has 0 radical (unpaired) electrons. The molecule has 1 aliphatic carbocycles. The summed E-state index contributed by atoms with van der Waals surface area (Å²) in [5, 5.41) is 2.69. The highest BCUT2D eigenvalue weighted by Crippen LogP contribution is 2.23. The van der Waals surface area contributed by atoms with Gasteiger partial charge in [-0.2, -0.15) is 4.98 Å². The van der Waals surface area contributed by atoms with Crippen LogP contribution in [-0.4, -0.2) is 87.0 Å². The smallest absolute Gasteiger partial charge is 0.338 e. The first-order chi connectivity index (χ1) is 18.0. The summed E-state index contributed by atoms with van der Waals surface area (Å²) in [6, 6.07) is 10.00. The fourth-order valence-electron chi connectivity index (χ4n) is 5.10. The van der Waals surface area contributed by atoms with Crippen molar-refractivity contribution in [3.05, 3.63) is 52.6 Å². The number of nitrogens with two attached hydrogens (primary N) is 2. The number of hydrogen-bond acceptors (Lipinski definition) is 7. The Bertz CT molecular complexity index is 1170. The number of aromatic nitrogens is 2. The molecule has 0 bridgehead atoms. The molecule has 3 amide bonds. The molecular formula is C27H40N8O3. The van der Waals surface area contributed by atoms with E-state index in [0.717, 1.165) is 32.2 Å². The van der Waals surface area contributed by atoms with Crippen molar-refractivity contribution in [2.75, 3.05) is 38.5 Å². The highest BCUT2D eigenvalue weighted by molar-refractivity contribution is 5.89. The van der Waals surface area contributed by atoms with Crippen LogP contribution in [0.15, 0.2) is 41.3 Å². The van der Waals surface area contributed by atoms with E-state index in [4.69, 9.17) is 11.5 Å². The molecule has 11 nitrogen and oxygen atoms in total. The standard InChI is InChI=1S/C27H40N8O3/c1-27(2,29)24(36)33-14-16-34(17-15-33)25(37)30-23-12-13-35(26(38)31-23)22-8-4-19(5-9-22)18-32(3)21-10-6-20(28)7-11-21/h4-5,8-9,12-13,20-21H,6-7,10-11,14-18,28-29H2,1-3H3,(H,30,31,37,38)/t20-,21+. The van der Waals surface area contributed by atoms with Gasteiger partial charge in [-0.1, -0.05) is 12.1 Å². The van der Waals surface area contributed by atoms with Crippen LogP contribution in [0.25, 0.3) is 5.69 Å². The van der Waals surface area contributed by atoms with E-state index in [1.807, 2.05) is 24.3 Å². The van der Waals surface area contributed by atoms with Crippen molar-refractivity contribution in [1.82, 2.24) is 24.3 Å². The first-order valence-corrected chi connectivity index (χ1v) is 13.3. The molecule has 1 saturated carbocycles. The van der Waals surface area contributed by atoms with E-state index in [1.54, 1.807) is 35.9 Å². The van der Waals surface area contributed by atoms with Crippen molar-refractivity contribution < 1.29 is 9.59 Å². The Kier molecular flexibility index (Phi) is 8.49. The van der Waals surface area contributed by atoms with Crippen LogP contribution < -0.4 is 22.5 Å². The van der Waals surface area contributed by atoms with Gasteiger partial charge in [0.2, 0.25) is 5.91 Å². The van der Waals surface area contributed by atoms with Crippen molar-refractivity contribution in [2.24, 2.45) is 11.5 Å². The van der Waals surface area contributed by atoms with Gasteiger partial charge < -0.3 is 21.3 Å². The van der Waals surface area contributed by atoms with Crippen LogP contribution in [0.2, 0.25) is 0 Å². The highest BCUT2D eigenvalue weighted by atomic mass is 16.2. The molecule has 1 saturated heterocycles. The van der Waals surface area contributed by atoms with E-state index in [-0.39, 0.29) is 17.8 Å². The van der Waals surface area contributed by atoms with Crippen molar-refractivity contribution >= 4 is 17.8 Å². The Hall–Kier alpha value is -3.28. The van der Waals surface area contributed by atoms with Crippen molar-refractivity contribution in [1.29, 1.82) is 0 Å². The third kappa shape index (κ3) is 6.77. The molecule has 2 aliphatic rings. The minimum Gasteiger partial charge on any atom is -0.338 e. The summed E-state index contributed by atoms with van der Waals surface area (Å²) in [5.41, 5.74) is 12.4. The predicted octanol–water partition coefficient (Wildman–Crippen LogP) is 1.35. The molecule has 206 valence electrons. The van der Waals surface area contributed by atoms with Gasteiger partial charge in [-0.15, -0.1) is 0 Å². The number of urea groups is 1. The number of benzene rings is 1. The topological polar surface area (TPSA) is 143 Å². The third-order valence-electron chi connectivity index (χ3n) is 7.46. The van der Waals surface area contributed by atoms with E-state index in [0.29, 0.717) is 44.0 Å². The Morgan fingerprint density at radius 1 is 1.03 bits per heavy atom. The molecule has 1 aromatic heterocycles. The van der Waals surface area contributed by atoms with Gasteiger partial charge in [-0.05, 0) is 70.3 Å². The number of carbonyl (C=O) groups excluding carboxylic acids is 2. The Balaban J connectivity index is 1.31.